The smallest absolute Gasteiger partial charge is 0.291 e. The average molecular weight is 374 g/mol. The van der Waals surface area contributed by atoms with Gasteiger partial charge in [0, 0.05) is 37.5 Å². The van der Waals surface area contributed by atoms with Gasteiger partial charge in [-0.25, -0.2) is 4.68 Å². The normalized spacial score (nSPS) is 21.1. The number of likely N-dealkylation sites (tertiary alicyclic amines) is 1. The Morgan fingerprint density at radius 1 is 1.41 bits per heavy atom. The molecule has 1 amide bonds. The van der Waals surface area contributed by atoms with Crippen LogP contribution in [0.25, 0.3) is 0 Å². The number of nitrogens with two attached hydrogens (primary N) is 1. The molecule has 2 heterocycles. The number of nitrogens with zero attached hydrogens (tertiary/aromatic N) is 4. The van der Waals surface area contributed by atoms with Crippen LogP contribution >= 0.6 is 0 Å². The molecule has 0 aromatic carbocycles. The van der Waals surface area contributed by atoms with Crippen LogP contribution in [0, 0.1) is 0 Å². The first-order chi connectivity index (χ1) is 12.9. The number of carbonyl (C=O) groups excluding carboxylic acids is 1. The second-order valence-electron chi connectivity index (χ2n) is 7.85. The van der Waals surface area contributed by atoms with Crippen molar-refractivity contribution in [3.8, 4) is 0 Å². The van der Waals surface area contributed by atoms with Gasteiger partial charge in [0.2, 0.25) is 5.91 Å². The Morgan fingerprint density at radius 2 is 2.15 bits per heavy atom. The monoisotopic (exact) mass is 374 g/mol. The van der Waals surface area contributed by atoms with E-state index in [-0.39, 0.29) is 30.1 Å². The number of aliphatic imine (C=N–C) groups is 1. The zero-order valence-corrected chi connectivity index (χ0v) is 16.4. The van der Waals surface area contributed by atoms with Gasteiger partial charge in [-0.15, -0.1) is 0 Å². The van der Waals surface area contributed by atoms with E-state index in [4.69, 9.17) is 5.73 Å². The number of anilines is 1. The second-order valence-corrected chi connectivity index (χ2v) is 7.85. The highest BCUT2D eigenvalue weighted by atomic mass is 16.2. The van der Waals surface area contributed by atoms with E-state index >= 15 is 0 Å². The standard InChI is InChI=1S/C19H30N6O2/c1-12(2)18-15(9-21-3)17(20)19(27)25(23-18)11-16(26)22-13-5-4-8-24(10-13)14-6-7-14/h9,12-14H,4-8,10-11,20H2,1-3H3,(H,22,26). The average Bonchev–Trinajstić information content (AvgIpc) is 3.46. The molecule has 27 heavy (non-hydrogen) atoms. The van der Waals surface area contributed by atoms with Gasteiger partial charge in [0.1, 0.15) is 12.2 Å². The first-order valence-electron chi connectivity index (χ1n) is 9.76. The van der Waals surface area contributed by atoms with Gasteiger partial charge < -0.3 is 11.1 Å². The van der Waals surface area contributed by atoms with E-state index in [1.54, 1.807) is 13.3 Å². The molecule has 1 atom stereocenters. The number of hydrogen-bond donors (Lipinski definition) is 2. The van der Waals surface area contributed by atoms with E-state index < -0.39 is 5.56 Å². The van der Waals surface area contributed by atoms with Crippen LogP contribution in [0.15, 0.2) is 9.79 Å². The molecule has 3 N–H and O–H groups in total. The van der Waals surface area contributed by atoms with E-state index in [0.29, 0.717) is 17.3 Å². The number of aromatic nitrogens is 2. The number of piperidine rings is 1. The molecule has 1 saturated carbocycles. The van der Waals surface area contributed by atoms with E-state index in [2.05, 4.69) is 20.3 Å². The van der Waals surface area contributed by atoms with Crippen molar-refractivity contribution in [2.75, 3.05) is 25.9 Å². The molecule has 1 saturated heterocycles. The van der Waals surface area contributed by atoms with Crippen molar-refractivity contribution < 1.29 is 4.79 Å². The Hall–Kier alpha value is -2.22. The van der Waals surface area contributed by atoms with Gasteiger partial charge in [0.25, 0.3) is 5.56 Å². The summed E-state index contributed by atoms with van der Waals surface area (Å²) in [6.07, 6.45) is 6.16. The third-order valence-corrected chi connectivity index (χ3v) is 5.24. The molecule has 1 aromatic rings. The van der Waals surface area contributed by atoms with Gasteiger partial charge in [-0.3, -0.25) is 19.5 Å². The van der Waals surface area contributed by atoms with E-state index in [1.165, 1.54) is 17.5 Å². The Balaban J connectivity index is 1.72. The molecule has 2 fully saturated rings. The van der Waals surface area contributed by atoms with Crippen LogP contribution in [0.4, 0.5) is 5.69 Å². The second kappa shape index (κ2) is 8.21. The molecule has 1 unspecified atom stereocenters. The van der Waals surface area contributed by atoms with Crippen molar-refractivity contribution in [1.82, 2.24) is 20.0 Å². The van der Waals surface area contributed by atoms with Gasteiger partial charge in [-0.1, -0.05) is 13.8 Å². The number of amides is 1. The SMILES string of the molecule is CN=Cc1c(C(C)C)nn(CC(=O)NC2CCCN(C3CC3)C2)c(=O)c1N. The molecule has 3 rings (SSSR count). The molecule has 1 aromatic heterocycles. The van der Waals surface area contributed by atoms with Crippen LogP contribution in [0.1, 0.15) is 56.7 Å². The molecule has 8 nitrogen and oxygen atoms in total. The molecule has 0 radical (unpaired) electrons. The molecule has 8 heteroatoms. The Kier molecular flexibility index (Phi) is 5.94. The lowest BCUT2D eigenvalue weighted by atomic mass is 10.0. The van der Waals surface area contributed by atoms with Crippen LogP contribution in [0.5, 0.6) is 0 Å². The van der Waals surface area contributed by atoms with Crippen molar-refractivity contribution in [3.63, 3.8) is 0 Å². The number of rotatable bonds is 6. The van der Waals surface area contributed by atoms with E-state index in [1.807, 2.05) is 13.8 Å². The summed E-state index contributed by atoms with van der Waals surface area (Å²) in [5, 5.41) is 7.47. The predicted molar refractivity (Wildman–Crippen MR) is 106 cm³/mol. The minimum atomic E-state index is -0.451. The lowest BCUT2D eigenvalue weighted by molar-refractivity contribution is -0.123. The first kappa shape index (κ1) is 19.5. The van der Waals surface area contributed by atoms with Crippen molar-refractivity contribution >= 4 is 17.8 Å². The molecular weight excluding hydrogens is 344 g/mol. The Bertz CT molecular complexity index is 781. The van der Waals surface area contributed by atoms with Gasteiger partial charge in [0.05, 0.1) is 5.69 Å². The Morgan fingerprint density at radius 3 is 2.78 bits per heavy atom. The molecule has 0 bridgehead atoms. The third-order valence-electron chi connectivity index (χ3n) is 5.24. The quantitative estimate of drug-likeness (QED) is 0.715. The van der Waals surface area contributed by atoms with Gasteiger partial charge in [0.15, 0.2) is 0 Å². The summed E-state index contributed by atoms with van der Waals surface area (Å²) in [6, 6.07) is 0.839. The van der Waals surface area contributed by atoms with Crippen molar-refractivity contribution in [2.45, 2.75) is 64.1 Å². The van der Waals surface area contributed by atoms with E-state index in [0.717, 1.165) is 25.9 Å². The summed E-state index contributed by atoms with van der Waals surface area (Å²) >= 11 is 0. The summed E-state index contributed by atoms with van der Waals surface area (Å²) in [4.78, 5) is 31.5. The predicted octanol–water partition coefficient (Wildman–Crippen LogP) is 0.741. The van der Waals surface area contributed by atoms with Crippen LogP contribution in [0.3, 0.4) is 0 Å². The summed E-state index contributed by atoms with van der Waals surface area (Å²) in [5.74, 6) is -0.140. The summed E-state index contributed by atoms with van der Waals surface area (Å²) < 4.78 is 1.18. The zero-order valence-electron chi connectivity index (χ0n) is 16.4. The van der Waals surface area contributed by atoms with Crippen LogP contribution < -0.4 is 16.6 Å². The minimum absolute atomic E-state index is 0.0562. The fourth-order valence-electron chi connectivity index (χ4n) is 3.72. The topological polar surface area (TPSA) is 106 Å². The first-order valence-corrected chi connectivity index (χ1v) is 9.76. The van der Waals surface area contributed by atoms with Gasteiger partial charge in [-0.2, -0.15) is 5.10 Å². The fraction of sp³-hybridized carbons (Fsp3) is 0.684. The number of nitrogen functional groups attached to an aromatic ring is 1. The molecule has 2 aliphatic rings. The summed E-state index contributed by atoms with van der Waals surface area (Å²) in [7, 11) is 1.62. The maximum absolute atomic E-state index is 12.5. The highest BCUT2D eigenvalue weighted by Gasteiger charge is 2.33. The third kappa shape index (κ3) is 4.55. The molecule has 148 valence electrons. The number of nitrogens with one attached hydrogen (secondary N) is 1. The van der Waals surface area contributed by atoms with Crippen LogP contribution in [0.2, 0.25) is 0 Å². The molecule has 0 spiro atoms. The minimum Gasteiger partial charge on any atom is -0.394 e. The Labute approximate surface area is 159 Å². The van der Waals surface area contributed by atoms with Crippen molar-refractivity contribution in [2.24, 2.45) is 4.99 Å². The number of hydrogen-bond acceptors (Lipinski definition) is 6. The fourth-order valence-corrected chi connectivity index (χ4v) is 3.72. The summed E-state index contributed by atoms with van der Waals surface area (Å²) in [6.45, 7) is 5.83. The summed E-state index contributed by atoms with van der Waals surface area (Å²) in [5.41, 5.74) is 6.87. The lowest BCUT2D eigenvalue weighted by Crippen LogP contribution is -2.49. The molecule has 1 aliphatic carbocycles. The van der Waals surface area contributed by atoms with Crippen LogP contribution in [-0.2, 0) is 11.3 Å². The largest absolute Gasteiger partial charge is 0.394 e. The maximum atomic E-state index is 12.5. The van der Waals surface area contributed by atoms with E-state index in [9.17, 15) is 9.59 Å². The van der Waals surface area contributed by atoms with Crippen molar-refractivity contribution in [1.29, 1.82) is 0 Å². The van der Waals surface area contributed by atoms with Gasteiger partial charge >= 0.3 is 0 Å². The van der Waals surface area contributed by atoms with Crippen molar-refractivity contribution in [3.05, 3.63) is 21.6 Å². The molecular formula is C19H30N6O2. The highest BCUT2D eigenvalue weighted by Crippen LogP contribution is 2.29. The lowest BCUT2D eigenvalue weighted by Gasteiger charge is -2.33. The number of carbonyl (C=O) groups is 1. The maximum Gasteiger partial charge on any atom is 0.291 e. The van der Waals surface area contributed by atoms with Crippen LogP contribution in [-0.4, -0.2) is 59.0 Å². The molecule has 1 aliphatic heterocycles. The van der Waals surface area contributed by atoms with Gasteiger partial charge in [-0.05, 0) is 38.1 Å². The highest BCUT2D eigenvalue weighted by molar-refractivity contribution is 5.88. The zero-order chi connectivity index (χ0) is 19.6.